The Balaban J connectivity index is 1.69. The first kappa shape index (κ1) is 15.6. The standard InChI is InChI=1S/C19H18ClNO2/c1-12-6-17-15(11-23-18(17)7-13(12)2)9-19(22)21-10-14-4-3-5-16(20)8-14/h3-8,11H,9-10H2,1-2H3,(H,21,22). The van der Waals surface area contributed by atoms with Gasteiger partial charge in [-0.1, -0.05) is 23.7 Å². The highest BCUT2D eigenvalue weighted by Crippen LogP contribution is 2.25. The molecule has 0 spiro atoms. The summed E-state index contributed by atoms with van der Waals surface area (Å²) in [6.45, 7) is 4.58. The van der Waals surface area contributed by atoms with Gasteiger partial charge < -0.3 is 9.73 Å². The molecule has 4 heteroatoms. The first-order valence-corrected chi connectivity index (χ1v) is 7.89. The molecule has 0 saturated carbocycles. The van der Waals surface area contributed by atoms with Crippen LogP contribution in [0.1, 0.15) is 22.3 Å². The molecule has 0 fully saturated rings. The summed E-state index contributed by atoms with van der Waals surface area (Å²) in [5, 5.41) is 4.59. The van der Waals surface area contributed by atoms with E-state index in [-0.39, 0.29) is 5.91 Å². The second kappa shape index (κ2) is 6.47. The number of nitrogens with one attached hydrogen (secondary N) is 1. The van der Waals surface area contributed by atoms with Gasteiger partial charge in [0.1, 0.15) is 5.58 Å². The number of carbonyl (C=O) groups is 1. The zero-order valence-corrected chi connectivity index (χ0v) is 13.9. The van der Waals surface area contributed by atoms with E-state index in [2.05, 4.69) is 25.2 Å². The number of fused-ring (bicyclic) bond motifs is 1. The quantitative estimate of drug-likeness (QED) is 0.763. The van der Waals surface area contributed by atoms with Crippen LogP contribution < -0.4 is 5.32 Å². The van der Waals surface area contributed by atoms with Crippen molar-refractivity contribution in [3.63, 3.8) is 0 Å². The number of amides is 1. The number of rotatable bonds is 4. The van der Waals surface area contributed by atoms with Crippen molar-refractivity contribution in [3.05, 3.63) is 69.9 Å². The predicted octanol–water partition coefficient (Wildman–Crippen LogP) is 4.56. The number of benzene rings is 2. The molecule has 118 valence electrons. The second-order valence-electron chi connectivity index (χ2n) is 5.78. The minimum absolute atomic E-state index is 0.0362. The van der Waals surface area contributed by atoms with Crippen molar-refractivity contribution in [2.45, 2.75) is 26.8 Å². The Morgan fingerprint density at radius 2 is 1.96 bits per heavy atom. The Bertz CT molecular complexity index is 867. The molecule has 23 heavy (non-hydrogen) atoms. The molecule has 0 aliphatic rings. The number of hydrogen-bond donors (Lipinski definition) is 1. The fourth-order valence-electron chi connectivity index (χ4n) is 2.56. The highest BCUT2D eigenvalue weighted by molar-refractivity contribution is 6.30. The average Bonchev–Trinajstić information content (AvgIpc) is 2.88. The van der Waals surface area contributed by atoms with Crippen molar-refractivity contribution in [1.29, 1.82) is 0 Å². The van der Waals surface area contributed by atoms with Crippen LogP contribution >= 0.6 is 11.6 Å². The summed E-state index contributed by atoms with van der Waals surface area (Å²) in [6, 6.07) is 11.6. The molecule has 0 atom stereocenters. The largest absolute Gasteiger partial charge is 0.464 e. The zero-order valence-electron chi connectivity index (χ0n) is 13.2. The zero-order chi connectivity index (χ0) is 16.4. The van der Waals surface area contributed by atoms with Gasteiger partial charge in [-0.2, -0.15) is 0 Å². The monoisotopic (exact) mass is 327 g/mol. The van der Waals surface area contributed by atoms with E-state index in [1.807, 2.05) is 30.3 Å². The Morgan fingerprint density at radius 3 is 2.74 bits per heavy atom. The van der Waals surface area contributed by atoms with Gasteiger partial charge in [0, 0.05) is 22.5 Å². The van der Waals surface area contributed by atoms with Crippen LogP contribution in [0.3, 0.4) is 0 Å². The van der Waals surface area contributed by atoms with Gasteiger partial charge in [-0.05, 0) is 54.8 Å². The lowest BCUT2D eigenvalue weighted by atomic mass is 10.0. The number of hydrogen-bond acceptors (Lipinski definition) is 2. The fraction of sp³-hybridized carbons (Fsp3) is 0.211. The molecule has 3 rings (SSSR count). The van der Waals surface area contributed by atoms with Crippen molar-refractivity contribution in [1.82, 2.24) is 5.32 Å². The summed E-state index contributed by atoms with van der Waals surface area (Å²) in [5.41, 5.74) is 5.09. The van der Waals surface area contributed by atoms with Gasteiger partial charge in [-0.3, -0.25) is 4.79 Å². The van der Waals surface area contributed by atoms with Gasteiger partial charge in [-0.25, -0.2) is 0 Å². The minimum Gasteiger partial charge on any atom is -0.464 e. The smallest absolute Gasteiger partial charge is 0.224 e. The number of carbonyl (C=O) groups excluding carboxylic acids is 1. The predicted molar refractivity (Wildman–Crippen MR) is 92.7 cm³/mol. The lowest BCUT2D eigenvalue weighted by molar-refractivity contribution is -0.120. The van der Waals surface area contributed by atoms with E-state index in [0.29, 0.717) is 18.0 Å². The lowest BCUT2D eigenvalue weighted by Crippen LogP contribution is -2.24. The molecule has 0 radical (unpaired) electrons. The number of halogens is 1. The summed E-state index contributed by atoms with van der Waals surface area (Å²) >= 11 is 5.94. The topological polar surface area (TPSA) is 42.2 Å². The molecular formula is C19H18ClNO2. The Kier molecular flexibility index (Phi) is 4.39. The highest BCUT2D eigenvalue weighted by Gasteiger charge is 2.11. The number of aryl methyl sites for hydroxylation is 2. The molecule has 3 nitrogen and oxygen atoms in total. The summed E-state index contributed by atoms with van der Waals surface area (Å²) < 4.78 is 5.57. The van der Waals surface area contributed by atoms with E-state index in [9.17, 15) is 4.79 Å². The summed E-state index contributed by atoms with van der Waals surface area (Å²) in [4.78, 5) is 12.2. The highest BCUT2D eigenvalue weighted by atomic mass is 35.5. The average molecular weight is 328 g/mol. The van der Waals surface area contributed by atoms with Crippen LogP contribution in [-0.4, -0.2) is 5.91 Å². The Morgan fingerprint density at radius 1 is 1.17 bits per heavy atom. The first-order valence-electron chi connectivity index (χ1n) is 7.51. The van der Waals surface area contributed by atoms with Crippen LogP contribution in [-0.2, 0) is 17.8 Å². The summed E-state index contributed by atoms with van der Waals surface area (Å²) in [5.74, 6) is -0.0362. The third-order valence-corrected chi connectivity index (χ3v) is 4.23. The van der Waals surface area contributed by atoms with E-state index in [4.69, 9.17) is 16.0 Å². The molecule has 0 saturated heterocycles. The first-order chi connectivity index (χ1) is 11.0. The normalized spacial score (nSPS) is 10.9. The molecule has 1 aromatic heterocycles. The van der Waals surface area contributed by atoms with Crippen LogP contribution in [0.5, 0.6) is 0 Å². The maximum Gasteiger partial charge on any atom is 0.224 e. The van der Waals surface area contributed by atoms with Gasteiger partial charge >= 0.3 is 0 Å². The van der Waals surface area contributed by atoms with Crippen LogP contribution in [0.15, 0.2) is 47.1 Å². The van der Waals surface area contributed by atoms with E-state index in [1.54, 1.807) is 6.26 Å². The maximum atomic E-state index is 12.2. The molecule has 1 N–H and O–H groups in total. The maximum absolute atomic E-state index is 12.2. The van der Waals surface area contributed by atoms with E-state index in [1.165, 1.54) is 11.1 Å². The van der Waals surface area contributed by atoms with E-state index < -0.39 is 0 Å². The molecule has 1 heterocycles. The van der Waals surface area contributed by atoms with Gasteiger partial charge in [-0.15, -0.1) is 0 Å². The van der Waals surface area contributed by atoms with Gasteiger partial charge in [0.25, 0.3) is 0 Å². The van der Waals surface area contributed by atoms with Crippen molar-refractivity contribution >= 4 is 28.5 Å². The summed E-state index contributed by atoms with van der Waals surface area (Å²) in [7, 11) is 0. The molecule has 0 aliphatic heterocycles. The molecule has 0 unspecified atom stereocenters. The third-order valence-electron chi connectivity index (χ3n) is 4.00. The molecule has 0 bridgehead atoms. The van der Waals surface area contributed by atoms with Gasteiger partial charge in [0.05, 0.1) is 12.7 Å². The Hall–Kier alpha value is -2.26. The Labute approximate surface area is 140 Å². The van der Waals surface area contributed by atoms with Crippen molar-refractivity contribution in [3.8, 4) is 0 Å². The molecule has 0 aliphatic carbocycles. The summed E-state index contributed by atoms with van der Waals surface area (Å²) in [6.07, 6.45) is 1.97. The van der Waals surface area contributed by atoms with Crippen molar-refractivity contribution < 1.29 is 9.21 Å². The van der Waals surface area contributed by atoms with E-state index >= 15 is 0 Å². The van der Waals surface area contributed by atoms with Gasteiger partial charge in [0.2, 0.25) is 5.91 Å². The van der Waals surface area contributed by atoms with Crippen LogP contribution in [0.25, 0.3) is 11.0 Å². The molecule has 1 amide bonds. The van der Waals surface area contributed by atoms with E-state index in [0.717, 1.165) is 22.1 Å². The minimum atomic E-state index is -0.0362. The fourth-order valence-corrected chi connectivity index (χ4v) is 2.77. The van der Waals surface area contributed by atoms with Crippen molar-refractivity contribution in [2.24, 2.45) is 0 Å². The number of furan rings is 1. The van der Waals surface area contributed by atoms with Crippen LogP contribution in [0.4, 0.5) is 0 Å². The second-order valence-corrected chi connectivity index (χ2v) is 6.21. The van der Waals surface area contributed by atoms with Gasteiger partial charge in [0.15, 0.2) is 0 Å². The molecule has 2 aromatic carbocycles. The lowest BCUT2D eigenvalue weighted by Gasteiger charge is -2.05. The van der Waals surface area contributed by atoms with Crippen LogP contribution in [0.2, 0.25) is 5.02 Å². The molecular weight excluding hydrogens is 310 g/mol. The molecule has 3 aromatic rings. The van der Waals surface area contributed by atoms with Crippen LogP contribution in [0, 0.1) is 13.8 Å². The van der Waals surface area contributed by atoms with Crippen molar-refractivity contribution in [2.75, 3.05) is 0 Å². The SMILES string of the molecule is Cc1cc2occ(CC(=O)NCc3cccc(Cl)c3)c2cc1C. The third kappa shape index (κ3) is 3.57.